The second-order valence-electron chi connectivity index (χ2n) is 5.66. The Kier molecular flexibility index (Phi) is 5.47. The van der Waals surface area contributed by atoms with Crippen LogP contribution in [0.5, 0.6) is 0 Å². The first-order valence-corrected chi connectivity index (χ1v) is 8.28. The lowest BCUT2D eigenvalue weighted by Gasteiger charge is -2.39. The lowest BCUT2D eigenvalue weighted by Crippen LogP contribution is -2.49. The Balaban J connectivity index is 2.02. The molecule has 2 rings (SSSR count). The summed E-state index contributed by atoms with van der Waals surface area (Å²) in [4.78, 5) is 4.99. The van der Waals surface area contributed by atoms with E-state index in [2.05, 4.69) is 51.7 Å². The molecule has 112 valence electrons. The van der Waals surface area contributed by atoms with Gasteiger partial charge in [-0.25, -0.2) is 0 Å². The van der Waals surface area contributed by atoms with Crippen LogP contribution >= 0.6 is 15.9 Å². The van der Waals surface area contributed by atoms with Crippen molar-refractivity contribution in [2.24, 2.45) is 0 Å². The van der Waals surface area contributed by atoms with Gasteiger partial charge in [-0.3, -0.25) is 4.90 Å². The third-order valence-corrected chi connectivity index (χ3v) is 5.01. The zero-order valence-electron chi connectivity index (χ0n) is 12.6. The number of piperazine rings is 1. The van der Waals surface area contributed by atoms with E-state index in [0.717, 1.165) is 36.2 Å². The van der Waals surface area contributed by atoms with Crippen LogP contribution in [0, 0.1) is 0 Å². The van der Waals surface area contributed by atoms with Crippen molar-refractivity contribution in [1.29, 1.82) is 0 Å². The zero-order valence-corrected chi connectivity index (χ0v) is 14.2. The van der Waals surface area contributed by atoms with Crippen LogP contribution in [0.1, 0.15) is 38.9 Å². The van der Waals surface area contributed by atoms with E-state index in [1.54, 1.807) is 6.92 Å². The van der Waals surface area contributed by atoms with Crippen LogP contribution in [0.2, 0.25) is 0 Å². The third kappa shape index (κ3) is 3.54. The van der Waals surface area contributed by atoms with Crippen molar-refractivity contribution in [1.82, 2.24) is 4.90 Å². The van der Waals surface area contributed by atoms with Crippen molar-refractivity contribution in [2.45, 2.75) is 39.3 Å². The second-order valence-corrected chi connectivity index (χ2v) is 6.52. The van der Waals surface area contributed by atoms with E-state index in [1.807, 2.05) is 6.07 Å². The molecule has 1 aromatic rings. The topological polar surface area (TPSA) is 26.7 Å². The van der Waals surface area contributed by atoms with Gasteiger partial charge in [0.1, 0.15) is 0 Å². The molecule has 3 nitrogen and oxygen atoms in total. The summed E-state index contributed by atoms with van der Waals surface area (Å²) < 4.78 is 0.995. The summed E-state index contributed by atoms with van der Waals surface area (Å²) in [6.07, 6.45) is 0.787. The van der Waals surface area contributed by atoms with Gasteiger partial charge >= 0.3 is 0 Å². The van der Waals surface area contributed by atoms with Gasteiger partial charge in [-0.1, -0.05) is 28.9 Å². The van der Waals surface area contributed by atoms with Crippen LogP contribution in [0.15, 0.2) is 22.7 Å². The smallest absolute Gasteiger partial charge is 0.0772 e. The van der Waals surface area contributed by atoms with Crippen LogP contribution in [0.4, 0.5) is 5.69 Å². The Labute approximate surface area is 130 Å². The van der Waals surface area contributed by atoms with Crippen LogP contribution < -0.4 is 4.90 Å². The minimum Gasteiger partial charge on any atom is -0.389 e. The van der Waals surface area contributed by atoms with Gasteiger partial charge in [0, 0.05) is 42.4 Å². The molecule has 0 aliphatic carbocycles. The predicted octanol–water partition coefficient (Wildman–Crippen LogP) is 3.42. The van der Waals surface area contributed by atoms with Gasteiger partial charge in [-0.15, -0.1) is 0 Å². The molecule has 1 aliphatic rings. The Bertz CT molecular complexity index is 442. The zero-order chi connectivity index (χ0) is 14.7. The average molecular weight is 341 g/mol. The summed E-state index contributed by atoms with van der Waals surface area (Å²) in [6.45, 7) is 10.8. The standard InChI is InChI=1S/C16H25BrN2O/c1-4-12(2)18-7-9-19(10-8-18)14-5-6-15(13(3)20)16(17)11-14/h5-6,11-13,20H,4,7-10H2,1-3H3/t12?,13-/m1/s1. The SMILES string of the molecule is CCC(C)N1CCN(c2ccc([C@@H](C)O)c(Br)c2)CC1. The Morgan fingerprint density at radius 1 is 1.20 bits per heavy atom. The fraction of sp³-hybridized carbons (Fsp3) is 0.625. The van der Waals surface area contributed by atoms with Crippen molar-refractivity contribution < 1.29 is 5.11 Å². The third-order valence-electron chi connectivity index (χ3n) is 4.33. The number of nitrogens with zero attached hydrogens (tertiary/aromatic N) is 2. The first-order chi connectivity index (χ1) is 9.52. The predicted molar refractivity (Wildman–Crippen MR) is 88.3 cm³/mol. The molecule has 20 heavy (non-hydrogen) atoms. The molecule has 0 amide bonds. The maximum absolute atomic E-state index is 9.68. The molecule has 1 fully saturated rings. The molecule has 1 saturated heterocycles. The molecule has 0 aromatic heterocycles. The van der Waals surface area contributed by atoms with E-state index in [9.17, 15) is 5.11 Å². The number of aliphatic hydroxyl groups excluding tert-OH is 1. The van der Waals surface area contributed by atoms with E-state index in [1.165, 1.54) is 12.1 Å². The van der Waals surface area contributed by atoms with Crippen molar-refractivity contribution in [3.8, 4) is 0 Å². The van der Waals surface area contributed by atoms with E-state index in [0.29, 0.717) is 6.04 Å². The van der Waals surface area contributed by atoms with Gasteiger partial charge in [0.05, 0.1) is 6.10 Å². The molecule has 0 bridgehead atoms. The van der Waals surface area contributed by atoms with E-state index in [-0.39, 0.29) is 0 Å². The average Bonchev–Trinajstić information content (AvgIpc) is 2.46. The Morgan fingerprint density at radius 3 is 2.35 bits per heavy atom. The summed E-state index contributed by atoms with van der Waals surface area (Å²) in [5.41, 5.74) is 2.19. The summed E-state index contributed by atoms with van der Waals surface area (Å²) in [6, 6.07) is 6.94. The van der Waals surface area contributed by atoms with Gasteiger partial charge in [-0.05, 0) is 38.0 Å². The van der Waals surface area contributed by atoms with Gasteiger partial charge in [0.2, 0.25) is 0 Å². The monoisotopic (exact) mass is 340 g/mol. The molecule has 2 atom stereocenters. The second kappa shape index (κ2) is 6.92. The summed E-state index contributed by atoms with van der Waals surface area (Å²) >= 11 is 3.56. The molecule has 0 radical (unpaired) electrons. The van der Waals surface area contributed by atoms with Crippen molar-refractivity contribution >= 4 is 21.6 Å². The number of hydrogen-bond acceptors (Lipinski definition) is 3. The summed E-state index contributed by atoms with van der Waals surface area (Å²) in [5, 5.41) is 9.68. The summed E-state index contributed by atoms with van der Waals surface area (Å²) in [5.74, 6) is 0. The fourth-order valence-electron chi connectivity index (χ4n) is 2.73. The van der Waals surface area contributed by atoms with E-state index < -0.39 is 6.10 Å². The van der Waals surface area contributed by atoms with Crippen LogP contribution in [0.25, 0.3) is 0 Å². The molecule has 1 heterocycles. The number of hydrogen-bond donors (Lipinski definition) is 1. The molecule has 0 saturated carbocycles. The highest BCUT2D eigenvalue weighted by Crippen LogP contribution is 2.29. The number of anilines is 1. The first kappa shape index (κ1) is 15.8. The number of rotatable bonds is 4. The molecular weight excluding hydrogens is 316 g/mol. The molecule has 1 unspecified atom stereocenters. The van der Waals surface area contributed by atoms with Gasteiger partial charge in [-0.2, -0.15) is 0 Å². The number of aliphatic hydroxyl groups is 1. The van der Waals surface area contributed by atoms with Gasteiger partial charge in [0.15, 0.2) is 0 Å². The molecular formula is C16H25BrN2O. The van der Waals surface area contributed by atoms with Crippen molar-refractivity contribution in [3.63, 3.8) is 0 Å². The maximum Gasteiger partial charge on any atom is 0.0772 e. The molecule has 1 N–H and O–H groups in total. The highest BCUT2D eigenvalue weighted by atomic mass is 79.9. The Hall–Kier alpha value is -0.580. The quantitative estimate of drug-likeness (QED) is 0.909. The number of benzene rings is 1. The highest BCUT2D eigenvalue weighted by Gasteiger charge is 2.20. The molecule has 1 aliphatic heterocycles. The van der Waals surface area contributed by atoms with Gasteiger partial charge < -0.3 is 10.0 Å². The minimum atomic E-state index is -0.430. The minimum absolute atomic E-state index is 0.430. The molecule has 0 spiro atoms. The first-order valence-electron chi connectivity index (χ1n) is 7.49. The lowest BCUT2D eigenvalue weighted by atomic mass is 10.1. The Morgan fingerprint density at radius 2 is 1.85 bits per heavy atom. The maximum atomic E-state index is 9.68. The molecule has 1 aromatic carbocycles. The fourth-order valence-corrected chi connectivity index (χ4v) is 3.43. The van der Waals surface area contributed by atoms with Crippen molar-refractivity contribution in [3.05, 3.63) is 28.2 Å². The van der Waals surface area contributed by atoms with E-state index >= 15 is 0 Å². The summed E-state index contributed by atoms with van der Waals surface area (Å²) in [7, 11) is 0. The van der Waals surface area contributed by atoms with Gasteiger partial charge in [0.25, 0.3) is 0 Å². The molecule has 4 heteroatoms. The highest BCUT2D eigenvalue weighted by molar-refractivity contribution is 9.10. The number of halogens is 1. The lowest BCUT2D eigenvalue weighted by molar-refractivity contribution is 0.192. The van der Waals surface area contributed by atoms with Crippen molar-refractivity contribution in [2.75, 3.05) is 31.1 Å². The van der Waals surface area contributed by atoms with Crippen LogP contribution in [-0.2, 0) is 0 Å². The largest absolute Gasteiger partial charge is 0.389 e. The van der Waals surface area contributed by atoms with Crippen LogP contribution in [-0.4, -0.2) is 42.2 Å². The van der Waals surface area contributed by atoms with E-state index in [4.69, 9.17) is 0 Å². The van der Waals surface area contributed by atoms with Crippen LogP contribution in [0.3, 0.4) is 0 Å². The normalized spacial score (nSPS) is 19.9.